The van der Waals surface area contributed by atoms with Gasteiger partial charge in [-0.15, -0.1) is 0 Å². The summed E-state index contributed by atoms with van der Waals surface area (Å²) >= 11 is 0. The van der Waals surface area contributed by atoms with Gasteiger partial charge in [0.1, 0.15) is 0 Å². The molecule has 8 heavy (non-hydrogen) atoms. The van der Waals surface area contributed by atoms with Crippen molar-refractivity contribution in [2.45, 2.75) is 13.3 Å². The topological polar surface area (TPSA) is 9.23 Å². The molecule has 1 aliphatic carbocycles. The molecule has 0 fully saturated rings. The van der Waals surface area contributed by atoms with E-state index in [-0.39, 0.29) is 0 Å². The maximum Gasteiger partial charge on any atom is 0.0995 e. The minimum Gasteiger partial charge on any atom is -0.501 e. The van der Waals surface area contributed by atoms with E-state index in [1.54, 1.807) is 7.11 Å². The Morgan fingerprint density at radius 2 is 2.25 bits per heavy atom. The Bertz CT molecular complexity index is 142. The Kier molecular flexibility index (Phi) is 1.38. The zero-order valence-electron chi connectivity index (χ0n) is 5.27. The van der Waals surface area contributed by atoms with E-state index >= 15 is 0 Å². The molecule has 0 N–H and O–H groups in total. The Morgan fingerprint density at radius 3 is 2.50 bits per heavy atom. The summed E-state index contributed by atoms with van der Waals surface area (Å²) in [6, 6.07) is 0. The molecule has 0 spiro atoms. The lowest BCUT2D eigenvalue weighted by Gasteiger charge is -1.97. The third-order valence-corrected chi connectivity index (χ3v) is 1.27. The zero-order chi connectivity index (χ0) is 5.98. The Balaban J connectivity index is 2.49. The van der Waals surface area contributed by atoms with Gasteiger partial charge in [-0.05, 0) is 13.0 Å². The van der Waals surface area contributed by atoms with Crippen LogP contribution in [0, 0.1) is 0 Å². The van der Waals surface area contributed by atoms with Crippen LogP contribution in [0.3, 0.4) is 0 Å². The van der Waals surface area contributed by atoms with Crippen LogP contribution in [0.1, 0.15) is 13.3 Å². The lowest BCUT2D eigenvalue weighted by atomic mass is 10.3. The molecule has 44 valence electrons. The highest BCUT2D eigenvalue weighted by molar-refractivity contribution is 5.25. The van der Waals surface area contributed by atoms with Gasteiger partial charge in [-0.3, -0.25) is 0 Å². The largest absolute Gasteiger partial charge is 0.501 e. The molecule has 0 amide bonds. The Morgan fingerprint density at radius 1 is 1.50 bits per heavy atom. The molecule has 0 heterocycles. The highest BCUT2D eigenvalue weighted by Gasteiger charge is 2.01. The first-order valence-electron chi connectivity index (χ1n) is 2.73. The molecule has 0 saturated heterocycles. The maximum absolute atomic E-state index is 4.99. The van der Waals surface area contributed by atoms with Gasteiger partial charge in [0.25, 0.3) is 0 Å². The van der Waals surface area contributed by atoms with Crippen LogP contribution < -0.4 is 0 Å². The number of rotatable bonds is 1. The van der Waals surface area contributed by atoms with E-state index in [1.807, 2.05) is 6.08 Å². The summed E-state index contributed by atoms with van der Waals surface area (Å²) in [5, 5.41) is 0. The first kappa shape index (κ1) is 5.42. The number of ether oxygens (including phenoxy) is 1. The standard InChI is InChI=1S/C7H10O/c1-6-3-4-7(5-6)8-2/h3-4H,5H2,1-2H3. The SMILES string of the molecule is COC1=CC=C(C)C1. The molecule has 0 bridgehead atoms. The summed E-state index contributed by atoms with van der Waals surface area (Å²) in [5.74, 6) is 1.07. The third-order valence-electron chi connectivity index (χ3n) is 1.27. The quantitative estimate of drug-likeness (QED) is 0.500. The molecule has 0 aromatic heterocycles. The van der Waals surface area contributed by atoms with E-state index in [0.717, 1.165) is 12.2 Å². The molecule has 0 aliphatic heterocycles. The van der Waals surface area contributed by atoms with Crippen molar-refractivity contribution in [3.8, 4) is 0 Å². The molecule has 0 unspecified atom stereocenters. The normalized spacial score (nSPS) is 17.8. The van der Waals surface area contributed by atoms with Gasteiger partial charge in [-0.1, -0.05) is 11.6 Å². The Labute approximate surface area is 49.7 Å². The number of allylic oxidation sites excluding steroid dienone is 3. The van der Waals surface area contributed by atoms with Crippen LogP contribution in [0.25, 0.3) is 0 Å². The molecule has 1 heteroatoms. The summed E-state index contributed by atoms with van der Waals surface area (Å²) in [5.41, 5.74) is 1.38. The smallest absolute Gasteiger partial charge is 0.0995 e. The summed E-state index contributed by atoms with van der Waals surface area (Å²) in [6.07, 6.45) is 5.09. The van der Waals surface area contributed by atoms with Crippen LogP contribution in [0.15, 0.2) is 23.5 Å². The second-order valence-electron chi connectivity index (χ2n) is 2.03. The van der Waals surface area contributed by atoms with Crippen molar-refractivity contribution in [2.24, 2.45) is 0 Å². The van der Waals surface area contributed by atoms with Crippen molar-refractivity contribution in [3.63, 3.8) is 0 Å². The summed E-state index contributed by atoms with van der Waals surface area (Å²) in [7, 11) is 1.71. The second kappa shape index (κ2) is 2.03. The van der Waals surface area contributed by atoms with E-state index in [4.69, 9.17) is 4.74 Å². The van der Waals surface area contributed by atoms with Gasteiger partial charge in [0.2, 0.25) is 0 Å². The van der Waals surface area contributed by atoms with E-state index in [0.29, 0.717) is 0 Å². The molecular formula is C7H10O. The van der Waals surface area contributed by atoms with Gasteiger partial charge < -0.3 is 4.74 Å². The summed E-state index contributed by atoms with van der Waals surface area (Å²) < 4.78 is 4.99. The van der Waals surface area contributed by atoms with Gasteiger partial charge in [0, 0.05) is 6.42 Å². The van der Waals surface area contributed by atoms with Gasteiger partial charge >= 0.3 is 0 Å². The van der Waals surface area contributed by atoms with Crippen LogP contribution in [-0.4, -0.2) is 7.11 Å². The van der Waals surface area contributed by atoms with Crippen molar-refractivity contribution < 1.29 is 4.74 Å². The van der Waals surface area contributed by atoms with Crippen molar-refractivity contribution in [2.75, 3.05) is 7.11 Å². The fraction of sp³-hybridized carbons (Fsp3) is 0.429. The van der Waals surface area contributed by atoms with E-state index < -0.39 is 0 Å². The predicted molar refractivity (Wildman–Crippen MR) is 33.5 cm³/mol. The van der Waals surface area contributed by atoms with Crippen LogP contribution in [0.5, 0.6) is 0 Å². The van der Waals surface area contributed by atoms with Gasteiger partial charge in [-0.2, -0.15) is 0 Å². The first-order valence-corrected chi connectivity index (χ1v) is 2.73. The fourth-order valence-corrected chi connectivity index (χ4v) is 0.768. The predicted octanol–water partition coefficient (Wildman–Crippen LogP) is 1.87. The van der Waals surface area contributed by atoms with Gasteiger partial charge in [0.15, 0.2) is 0 Å². The van der Waals surface area contributed by atoms with Crippen molar-refractivity contribution in [1.29, 1.82) is 0 Å². The Hall–Kier alpha value is -0.720. The van der Waals surface area contributed by atoms with Gasteiger partial charge in [0.05, 0.1) is 12.9 Å². The number of hydrogen-bond donors (Lipinski definition) is 0. The summed E-state index contributed by atoms with van der Waals surface area (Å²) in [4.78, 5) is 0. The monoisotopic (exact) mass is 110 g/mol. The lowest BCUT2D eigenvalue weighted by molar-refractivity contribution is 0.285. The van der Waals surface area contributed by atoms with Crippen LogP contribution in [0.4, 0.5) is 0 Å². The average Bonchev–Trinajstić information content (AvgIpc) is 2.14. The van der Waals surface area contributed by atoms with E-state index in [2.05, 4.69) is 13.0 Å². The van der Waals surface area contributed by atoms with E-state index in [9.17, 15) is 0 Å². The van der Waals surface area contributed by atoms with Crippen LogP contribution in [0.2, 0.25) is 0 Å². The van der Waals surface area contributed by atoms with Crippen LogP contribution >= 0.6 is 0 Å². The molecule has 1 nitrogen and oxygen atoms in total. The minimum absolute atomic E-state index is 0.997. The highest BCUT2D eigenvalue weighted by Crippen LogP contribution is 2.17. The molecule has 0 aromatic carbocycles. The van der Waals surface area contributed by atoms with E-state index in [1.165, 1.54) is 5.57 Å². The zero-order valence-corrected chi connectivity index (χ0v) is 5.27. The molecule has 1 aliphatic rings. The number of hydrogen-bond acceptors (Lipinski definition) is 1. The third kappa shape index (κ3) is 0.915. The van der Waals surface area contributed by atoms with Gasteiger partial charge in [-0.25, -0.2) is 0 Å². The lowest BCUT2D eigenvalue weighted by Crippen LogP contribution is -1.80. The molecule has 0 saturated carbocycles. The van der Waals surface area contributed by atoms with Crippen molar-refractivity contribution in [1.82, 2.24) is 0 Å². The minimum atomic E-state index is 0.997. The van der Waals surface area contributed by atoms with Crippen molar-refractivity contribution >= 4 is 0 Å². The van der Waals surface area contributed by atoms with Crippen LogP contribution in [-0.2, 0) is 4.74 Å². The fourth-order valence-electron chi connectivity index (χ4n) is 0.768. The average molecular weight is 110 g/mol. The first-order chi connectivity index (χ1) is 3.83. The molecule has 1 rings (SSSR count). The number of methoxy groups -OCH3 is 1. The maximum atomic E-state index is 4.99. The van der Waals surface area contributed by atoms with Crippen molar-refractivity contribution in [3.05, 3.63) is 23.5 Å². The molecule has 0 atom stereocenters. The second-order valence-corrected chi connectivity index (χ2v) is 2.03. The molecule has 0 radical (unpaired) electrons. The highest BCUT2D eigenvalue weighted by atomic mass is 16.5. The molecular weight excluding hydrogens is 100 g/mol. The molecule has 0 aromatic rings. The summed E-state index contributed by atoms with van der Waals surface area (Å²) in [6.45, 7) is 2.10.